The maximum atomic E-state index is 12.1. The molecule has 0 unspecified atom stereocenters. The zero-order valence-corrected chi connectivity index (χ0v) is 12.2. The van der Waals surface area contributed by atoms with Gasteiger partial charge < -0.3 is 15.3 Å². The van der Waals surface area contributed by atoms with Crippen molar-refractivity contribution >= 4 is 12.0 Å². The number of carboxylic acid groups (broad SMARTS) is 1. The van der Waals surface area contributed by atoms with Gasteiger partial charge in [0, 0.05) is 13.1 Å². The summed E-state index contributed by atoms with van der Waals surface area (Å²) in [4.78, 5) is 24.8. The monoisotopic (exact) mass is 270 g/mol. The summed E-state index contributed by atoms with van der Waals surface area (Å²) in [6, 6.07) is -0.796. The van der Waals surface area contributed by atoms with Gasteiger partial charge in [-0.2, -0.15) is 0 Å². The minimum atomic E-state index is -0.958. The molecule has 0 saturated heterocycles. The molecule has 2 amide bonds. The zero-order chi connectivity index (χ0) is 14.4. The normalized spacial score (nSPS) is 24.6. The van der Waals surface area contributed by atoms with Crippen LogP contribution in [0.3, 0.4) is 0 Å². The van der Waals surface area contributed by atoms with E-state index in [0.29, 0.717) is 6.42 Å². The van der Waals surface area contributed by atoms with Crippen molar-refractivity contribution in [1.29, 1.82) is 0 Å². The van der Waals surface area contributed by atoms with Gasteiger partial charge in [-0.15, -0.1) is 0 Å². The van der Waals surface area contributed by atoms with Crippen molar-refractivity contribution in [1.82, 2.24) is 10.2 Å². The lowest BCUT2D eigenvalue weighted by atomic mass is 9.87. The highest BCUT2D eigenvalue weighted by molar-refractivity contribution is 5.82. The lowest BCUT2D eigenvalue weighted by Gasteiger charge is -2.34. The number of nitrogens with zero attached hydrogens (tertiary/aromatic N) is 1. The fourth-order valence-electron chi connectivity index (χ4n) is 2.59. The molecule has 0 aromatic carbocycles. The minimum Gasteiger partial charge on any atom is -0.480 e. The fourth-order valence-corrected chi connectivity index (χ4v) is 2.59. The Balaban J connectivity index is 2.49. The lowest BCUT2D eigenvalue weighted by molar-refractivity contribution is -0.139. The molecular formula is C14H26N2O3. The zero-order valence-electron chi connectivity index (χ0n) is 12.2. The van der Waals surface area contributed by atoms with Crippen LogP contribution in [0.2, 0.25) is 0 Å². The van der Waals surface area contributed by atoms with E-state index in [9.17, 15) is 9.59 Å². The number of carbonyl (C=O) groups excluding carboxylic acids is 1. The number of urea groups is 1. The van der Waals surface area contributed by atoms with E-state index < -0.39 is 12.0 Å². The smallest absolute Gasteiger partial charge is 0.326 e. The molecule has 0 heterocycles. The summed E-state index contributed by atoms with van der Waals surface area (Å²) in [5, 5.41) is 11.7. The van der Waals surface area contributed by atoms with Crippen LogP contribution in [0.25, 0.3) is 0 Å². The number of hydrogen-bond donors (Lipinski definition) is 2. The Morgan fingerprint density at radius 2 is 1.89 bits per heavy atom. The Bertz CT molecular complexity index is 312. The first-order valence-corrected chi connectivity index (χ1v) is 7.21. The second kappa shape index (κ2) is 7.36. The SMILES string of the molecule is CCC[C@H](NC(=O)N(C)C1CCC(C)CC1)C(=O)O. The highest BCUT2D eigenvalue weighted by atomic mass is 16.4. The van der Waals surface area contributed by atoms with Crippen molar-refractivity contribution in [3.8, 4) is 0 Å². The molecule has 19 heavy (non-hydrogen) atoms. The minimum absolute atomic E-state index is 0.243. The molecule has 0 bridgehead atoms. The second-order valence-corrected chi connectivity index (χ2v) is 5.65. The third-order valence-electron chi connectivity index (χ3n) is 4.03. The topological polar surface area (TPSA) is 69.6 Å². The molecule has 1 rings (SSSR count). The van der Waals surface area contributed by atoms with Gasteiger partial charge in [0.25, 0.3) is 0 Å². The molecule has 5 heteroatoms. The van der Waals surface area contributed by atoms with Crippen molar-refractivity contribution in [3.63, 3.8) is 0 Å². The summed E-state index contributed by atoms with van der Waals surface area (Å²) < 4.78 is 0. The largest absolute Gasteiger partial charge is 0.480 e. The molecule has 0 aliphatic heterocycles. The van der Waals surface area contributed by atoms with Gasteiger partial charge >= 0.3 is 12.0 Å². The van der Waals surface area contributed by atoms with Crippen LogP contribution >= 0.6 is 0 Å². The number of hydrogen-bond acceptors (Lipinski definition) is 2. The Hall–Kier alpha value is -1.26. The predicted octanol–water partition coefficient (Wildman–Crippen LogP) is 2.46. The van der Waals surface area contributed by atoms with Crippen LogP contribution < -0.4 is 5.32 Å². The summed E-state index contributed by atoms with van der Waals surface area (Å²) in [6.07, 6.45) is 5.50. The van der Waals surface area contributed by atoms with E-state index in [1.165, 1.54) is 0 Å². The summed E-state index contributed by atoms with van der Waals surface area (Å²) >= 11 is 0. The van der Waals surface area contributed by atoms with Crippen molar-refractivity contribution in [2.45, 2.75) is 64.5 Å². The van der Waals surface area contributed by atoms with Gasteiger partial charge in [-0.1, -0.05) is 20.3 Å². The molecule has 0 radical (unpaired) electrons. The Kier molecular flexibility index (Phi) is 6.12. The summed E-state index contributed by atoms with van der Waals surface area (Å²) in [7, 11) is 1.76. The predicted molar refractivity (Wildman–Crippen MR) is 74.0 cm³/mol. The van der Waals surface area contributed by atoms with Crippen molar-refractivity contribution in [2.75, 3.05) is 7.05 Å². The van der Waals surface area contributed by atoms with E-state index in [1.54, 1.807) is 11.9 Å². The number of rotatable bonds is 5. The number of aliphatic carboxylic acids is 1. The summed E-state index contributed by atoms with van der Waals surface area (Å²) in [6.45, 7) is 4.15. The molecule has 110 valence electrons. The maximum Gasteiger partial charge on any atom is 0.326 e. The first-order chi connectivity index (χ1) is 8.95. The van der Waals surface area contributed by atoms with E-state index in [-0.39, 0.29) is 12.1 Å². The van der Waals surface area contributed by atoms with Gasteiger partial charge in [0.1, 0.15) is 6.04 Å². The number of nitrogens with one attached hydrogen (secondary N) is 1. The molecule has 1 fully saturated rings. The van der Waals surface area contributed by atoms with E-state index in [4.69, 9.17) is 5.11 Å². The third-order valence-corrected chi connectivity index (χ3v) is 4.03. The van der Waals surface area contributed by atoms with E-state index in [1.807, 2.05) is 6.92 Å². The molecule has 1 aliphatic carbocycles. The van der Waals surface area contributed by atoms with Crippen molar-refractivity contribution < 1.29 is 14.7 Å². The van der Waals surface area contributed by atoms with Gasteiger partial charge in [-0.25, -0.2) is 9.59 Å². The first-order valence-electron chi connectivity index (χ1n) is 7.21. The molecule has 0 aromatic heterocycles. The molecule has 5 nitrogen and oxygen atoms in total. The van der Waals surface area contributed by atoms with Gasteiger partial charge in [-0.3, -0.25) is 0 Å². The average Bonchev–Trinajstić information content (AvgIpc) is 2.38. The van der Waals surface area contributed by atoms with E-state index in [2.05, 4.69) is 12.2 Å². The van der Waals surface area contributed by atoms with Gasteiger partial charge in [0.05, 0.1) is 0 Å². The van der Waals surface area contributed by atoms with Gasteiger partial charge in [0.2, 0.25) is 0 Å². The van der Waals surface area contributed by atoms with Crippen LogP contribution in [0.15, 0.2) is 0 Å². The van der Waals surface area contributed by atoms with Crippen molar-refractivity contribution in [3.05, 3.63) is 0 Å². The lowest BCUT2D eigenvalue weighted by Crippen LogP contribution is -2.50. The standard InChI is InChI=1S/C14H26N2O3/c1-4-5-12(13(17)18)15-14(19)16(3)11-8-6-10(2)7-9-11/h10-12H,4-9H2,1-3H3,(H,15,19)(H,17,18)/t10?,11?,12-/m0/s1. The second-order valence-electron chi connectivity index (χ2n) is 5.65. The Morgan fingerprint density at radius 1 is 1.32 bits per heavy atom. The summed E-state index contributed by atoms with van der Waals surface area (Å²) in [5.41, 5.74) is 0. The number of carboxylic acids is 1. The molecule has 0 spiro atoms. The van der Waals surface area contributed by atoms with Crippen LogP contribution in [0.5, 0.6) is 0 Å². The number of carbonyl (C=O) groups is 2. The van der Waals surface area contributed by atoms with Crippen LogP contribution in [0.4, 0.5) is 4.79 Å². The van der Waals surface area contributed by atoms with E-state index >= 15 is 0 Å². The summed E-state index contributed by atoms with van der Waals surface area (Å²) in [5.74, 6) is -0.222. The van der Waals surface area contributed by atoms with Crippen LogP contribution in [-0.2, 0) is 4.79 Å². The highest BCUT2D eigenvalue weighted by Gasteiger charge is 2.27. The van der Waals surface area contributed by atoms with Gasteiger partial charge in [-0.05, 0) is 38.0 Å². The Labute approximate surface area is 115 Å². The molecule has 1 saturated carbocycles. The Morgan fingerprint density at radius 3 is 2.37 bits per heavy atom. The molecule has 0 aromatic rings. The number of amides is 2. The molecular weight excluding hydrogens is 244 g/mol. The van der Waals surface area contributed by atoms with E-state index in [0.717, 1.165) is 38.0 Å². The molecule has 1 aliphatic rings. The molecule has 1 atom stereocenters. The maximum absolute atomic E-state index is 12.1. The average molecular weight is 270 g/mol. The highest BCUT2D eigenvalue weighted by Crippen LogP contribution is 2.26. The van der Waals surface area contributed by atoms with Crippen LogP contribution in [0.1, 0.15) is 52.4 Å². The quantitative estimate of drug-likeness (QED) is 0.806. The third kappa shape index (κ3) is 4.73. The van der Waals surface area contributed by atoms with Crippen LogP contribution in [-0.4, -0.2) is 41.1 Å². The first kappa shape index (κ1) is 15.8. The molecule has 2 N–H and O–H groups in total. The van der Waals surface area contributed by atoms with Gasteiger partial charge in [0.15, 0.2) is 0 Å². The van der Waals surface area contributed by atoms with Crippen LogP contribution in [0, 0.1) is 5.92 Å². The van der Waals surface area contributed by atoms with Crippen molar-refractivity contribution in [2.24, 2.45) is 5.92 Å². The fraction of sp³-hybridized carbons (Fsp3) is 0.857.